The zero-order valence-electron chi connectivity index (χ0n) is 18.6. The van der Waals surface area contributed by atoms with Crippen molar-refractivity contribution in [2.45, 2.75) is 91.1 Å². The Morgan fingerprint density at radius 3 is 2.39 bits per heavy atom. The van der Waals surface area contributed by atoms with Crippen LogP contribution < -0.4 is 0 Å². The van der Waals surface area contributed by atoms with Crippen LogP contribution in [0.5, 0.6) is 0 Å². The first-order valence-corrected chi connectivity index (χ1v) is 10.7. The summed E-state index contributed by atoms with van der Waals surface area (Å²) in [5, 5.41) is 10.2. The quantitative estimate of drug-likeness (QED) is 0.257. The molecule has 2 unspecified atom stereocenters. The van der Waals surface area contributed by atoms with Crippen LogP contribution in [0.25, 0.3) is 0 Å². The average molecular weight is 396 g/mol. The summed E-state index contributed by atoms with van der Waals surface area (Å²) >= 11 is 0. The molecule has 162 valence electrons. The van der Waals surface area contributed by atoms with E-state index in [4.69, 9.17) is 0 Å². The smallest absolute Gasteiger partial charge is 0.305 e. The molecule has 5 nitrogen and oxygen atoms in total. The van der Waals surface area contributed by atoms with E-state index < -0.39 is 0 Å². The molecule has 0 bridgehead atoms. The number of hydrogen-bond acceptors (Lipinski definition) is 4. The lowest BCUT2D eigenvalue weighted by Gasteiger charge is -2.21. The molecule has 0 rings (SSSR count). The maximum atomic E-state index is 12.2. The summed E-state index contributed by atoms with van der Waals surface area (Å²) in [6.07, 6.45) is 7.84. The van der Waals surface area contributed by atoms with Gasteiger partial charge in [0.1, 0.15) is 0 Å². The Hall–Kier alpha value is -1.54. The van der Waals surface area contributed by atoms with Crippen molar-refractivity contribution in [2.24, 2.45) is 11.8 Å². The number of aliphatic hydroxyl groups is 1. The fourth-order valence-corrected chi connectivity index (χ4v) is 3.15. The normalized spacial score (nSPS) is 13.8. The van der Waals surface area contributed by atoms with Crippen molar-refractivity contribution in [3.8, 4) is 11.8 Å². The van der Waals surface area contributed by atoms with Crippen molar-refractivity contribution in [2.75, 3.05) is 20.7 Å². The Bertz CT molecular complexity index is 495. The lowest BCUT2D eigenvalue weighted by Crippen LogP contribution is -2.27. The van der Waals surface area contributed by atoms with Crippen LogP contribution in [0, 0.1) is 23.7 Å². The number of unbranched alkanes of at least 4 members (excludes halogenated alkanes) is 3. The number of rotatable bonds is 15. The van der Waals surface area contributed by atoms with Gasteiger partial charge in [0, 0.05) is 32.9 Å². The number of aliphatic hydroxyl groups excluding tert-OH is 1. The molecule has 0 saturated carbocycles. The zero-order valence-corrected chi connectivity index (χ0v) is 18.6. The molecule has 0 spiro atoms. The molecule has 0 heterocycles. The van der Waals surface area contributed by atoms with Gasteiger partial charge >= 0.3 is 5.97 Å². The molecule has 0 aromatic heterocycles. The minimum Gasteiger partial charge on any atom is -0.469 e. The van der Waals surface area contributed by atoms with Crippen molar-refractivity contribution in [1.82, 2.24) is 4.90 Å². The predicted molar refractivity (Wildman–Crippen MR) is 114 cm³/mol. The number of carbonyl (C=O) groups excluding carboxylic acids is 2. The van der Waals surface area contributed by atoms with Crippen LogP contribution in [0.2, 0.25) is 0 Å². The molecule has 0 saturated heterocycles. The molecule has 5 heteroatoms. The van der Waals surface area contributed by atoms with E-state index in [2.05, 4.69) is 23.5 Å². The van der Waals surface area contributed by atoms with E-state index in [1.807, 2.05) is 25.8 Å². The molecule has 1 N–H and O–H groups in total. The summed E-state index contributed by atoms with van der Waals surface area (Å²) in [5.74, 6) is 6.53. The van der Waals surface area contributed by atoms with Gasteiger partial charge in [0.15, 0.2) is 0 Å². The van der Waals surface area contributed by atoms with E-state index in [9.17, 15) is 14.7 Å². The first-order chi connectivity index (χ1) is 13.3. The largest absolute Gasteiger partial charge is 0.469 e. The molecule has 1 amide bonds. The summed E-state index contributed by atoms with van der Waals surface area (Å²) in [6, 6.07) is 0. The number of nitrogens with zero attached hydrogens (tertiary/aromatic N) is 1. The van der Waals surface area contributed by atoms with Gasteiger partial charge in [-0.05, 0) is 44.4 Å². The number of esters is 1. The van der Waals surface area contributed by atoms with Crippen molar-refractivity contribution >= 4 is 11.9 Å². The number of methoxy groups -OCH3 is 1. The molecular formula is C23H41NO4. The molecule has 0 aromatic carbocycles. The monoisotopic (exact) mass is 395 g/mol. The van der Waals surface area contributed by atoms with Crippen LogP contribution in [-0.4, -0.2) is 48.7 Å². The SMILES string of the molecule is CC#CCC(C)[C@H](O)CC(C)CCCC(=O)N(C)CCCCCCC(=O)OC. The molecule has 3 atom stereocenters. The lowest BCUT2D eigenvalue weighted by atomic mass is 9.90. The van der Waals surface area contributed by atoms with Crippen molar-refractivity contribution in [3.05, 3.63) is 0 Å². The third kappa shape index (κ3) is 13.6. The topological polar surface area (TPSA) is 66.8 Å². The fourth-order valence-electron chi connectivity index (χ4n) is 3.15. The minimum atomic E-state index is -0.326. The second-order valence-corrected chi connectivity index (χ2v) is 7.96. The summed E-state index contributed by atoms with van der Waals surface area (Å²) in [7, 11) is 3.27. The molecular weight excluding hydrogens is 354 g/mol. The van der Waals surface area contributed by atoms with Gasteiger partial charge in [-0.3, -0.25) is 9.59 Å². The molecule has 0 aliphatic heterocycles. The third-order valence-corrected chi connectivity index (χ3v) is 5.27. The van der Waals surface area contributed by atoms with Crippen LogP contribution in [0.15, 0.2) is 0 Å². The molecule has 0 aromatic rings. The Morgan fingerprint density at radius 2 is 1.75 bits per heavy atom. The second kappa shape index (κ2) is 16.4. The van der Waals surface area contributed by atoms with Gasteiger partial charge in [-0.1, -0.05) is 33.1 Å². The van der Waals surface area contributed by atoms with E-state index in [-0.39, 0.29) is 23.9 Å². The van der Waals surface area contributed by atoms with Crippen molar-refractivity contribution in [1.29, 1.82) is 0 Å². The van der Waals surface area contributed by atoms with E-state index in [0.29, 0.717) is 18.8 Å². The summed E-state index contributed by atoms with van der Waals surface area (Å²) in [5.41, 5.74) is 0. The summed E-state index contributed by atoms with van der Waals surface area (Å²) in [6.45, 7) is 6.77. The number of amides is 1. The zero-order chi connectivity index (χ0) is 21.4. The van der Waals surface area contributed by atoms with Gasteiger partial charge in [0.25, 0.3) is 0 Å². The highest BCUT2D eigenvalue weighted by Gasteiger charge is 2.17. The molecule has 28 heavy (non-hydrogen) atoms. The maximum Gasteiger partial charge on any atom is 0.305 e. The third-order valence-electron chi connectivity index (χ3n) is 5.27. The second-order valence-electron chi connectivity index (χ2n) is 7.96. The maximum absolute atomic E-state index is 12.2. The fraction of sp³-hybridized carbons (Fsp3) is 0.826. The number of ether oxygens (including phenoxy) is 1. The summed E-state index contributed by atoms with van der Waals surface area (Å²) in [4.78, 5) is 25.1. The van der Waals surface area contributed by atoms with E-state index in [0.717, 1.165) is 57.9 Å². The van der Waals surface area contributed by atoms with Gasteiger partial charge in [0.05, 0.1) is 13.2 Å². The standard InChI is InChI=1S/C23H41NO4/c1-6-7-14-20(3)21(25)18-19(2)13-12-15-22(26)24(4)17-11-9-8-10-16-23(27)28-5/h19-21,25H,8-18H2,1-5H3/t19?,20?,21-/m1/s1. The van der Waals surface area contributed by atoms with Gasteiger partial charge < -0.3 is 14.7 Å². The van der Waals surface area contributed by atoms with Crippen LogP contribution >= 0.6 is 0 Å². The van der Waals surface area contributed by atoms with Crippen LogP contribution in [0.4, 0.5) is 0 Å². The van der Waals surface area contributed by atoms with Crippen molar-refractivity contribution in [3.63, 3.8) is 0 Å². The van der Waals surface area contributed by atoms with Gasteiger partial charge in [-0.15, -0.1) is 11.8 Å². The highest BCUT2D eigenvalue weighted by atomic mass is 16.5. The van der Waals surface area contributed by atoms with E-state index >= 15 is 0 Å². The Kier molecular flexibility index (Phi) is 15.5. The average Bonchev–Trinajstić information content (AvgIpc) is 2.67. The van der Waals surface area contributed by atoms with Crippen LogP contribution in [-0.2, 0) is 14.3 Å². The summed E-state index contributed by atoms with van der Waals surface area (Å²) < 4.78 is 4.62. The molecule has 0 aliphatic carbocycles. The van der Waals surface area contributed by atoms with Gasteiger partial charge in [-0.2, -0.15) is 0 Å². The molecule has 0 radical (unpaired) electrons. The first-order valence-electron chi connectivity index (χ1n) is 10.7. The van der Waals surface area contributed by atoms with Gasteiger partial charge in [-0.25, -0.2) is 0 Å². The van der Waals surface area contributed by atoms with Gasteiger partial charge in [0.2, 0.25) is 5.91 Å². The van der Waals surface area contributed by atoms with Crippen molar-refractivity contribution < 1.29 is 19.4 Å². The first kappa shape index (κ1) is 26.5. The van der Waals surface area contributed by atoms with Crippen LogP contribution in [0.3, 0.4) is 0 Å². The minimum absolute atomic E-state index is 0.155. The number of carbonyl (C=O) groups is 2. The Balaban J connectivity index is 3.82. The predicted octanol–water partition coefficient (Wildman–Crippen LogP) is 4.18. The lowest BCUT2D eigenvalue weighted by molar-refractivity contribution is -0.140. The Morgan fingerprint density at radius 1 is 1.07 bits per heavy atom. The Labute approximate surface area is 172 Å². The van der Waals surface area contributed by atoms with E-state index in [1.54, 1.807) is 0 Å². The highest BCUT2D eigenvalue weighted by Crippen LogP contribution is 2.20. The molecule has 0 fully saturated rings. The van der Waals surface area contributed by atoms with Crippen LogP contribution in [0.1, 0.15) is 85.0 Å². The number of hydrogen-bond donors (Lipinski definition) is 1. The molecule has 0 aliphatic rings. The highest BCUT2D eigenvalue weighted by molar-refractivity contribution is 5.75. The van der Waals surface area contributed by atoms with E-state index in [1.165, 1.54) is 7.11 Å².